The minimum Gasteiger partial charge on any atom is -0.331 e. The number of aromatic nitrogens is 2. The van der Waals surface area contributed by atoms with Gasteiger partial charge in [-0.15, -0.1) is 22.7 Å². The van der Waals surface area contributed by atoms with E-state index in [0.717, 1.165) is 35.2 Å². The van der Waals surface area contributed by atoms with E-state index < -0.39 is 17.5 Å². The van der Waals surface area contributed by atoms with E-state index in [1.54, 1.807) is 5.38 Å². The molecule has 0 bridgehead atoms. The summed E-state index contributed by atoms with van der Waals surface area (Å²) in [7, 11) is 3.87. The van der Waals surface area contributed by atoms with Gasteiger partial charge < -0.3 is 10.2 Å². The summed E-state index contributed by atoms with van der Waals surface area (Å²) in [6, 6.07) is 3.07. The number of carbonyl (C=O) groups is 1. The summed E-state index contributed by atoms with van der Waals surface area (Å²) < 4.78 is 26.4. The zero-order valence-corrected chi connectivity index (χ0v) is 15.5. The first kappa shape index (κ1) is 18.4. The van der Waals surface area contributed by atoms with Crippen molar-refractivity contribution in [1.82, 2.24) is 14.9 Å². The third kappa shape index (κ3) is 4.81. The van der Waals surface area contributed by atoms with Crippen molar-refractivity contribution in [1.29, 1.82) is 0 Å². The van der Waals surface area contributed by atoms with Gasteiger partial charge in [-0.25, -0.2) is 18.7 Å². The molecule has 0 radical (unpaired) electrons. The minimum atomic E-state index is -0.695. The number of halogens is 2. The molecule has 0 aliphatic carbocycles. The van der Waals surface area contributed by atoms with E-state index in [2.05, 4.69) is 20.6 Å². The molecule has 10 heteroatoms. The largest absolute Gasteiger partial charge is 0.331 e. The predicted molar refractivity (Wildman–Crippen MR) is 99.2 cm³/mol. The smallest absolute Gasteiger partial charge is 0.276 e. The highest BCUT2D eigenvalue weighted by Gasteiger charge is 2.14. The molecule has 2 heterocycles. The van der Waals surface area contributed by atoms with Crippen LogP contribution in [0.2, 0.25) is 0 Å². The number of carbonyl (C=O) groups excluding carboxylic acids is 1. The van der Waals surface area contributed by atoms with Gasteiger partial charge in [-0.05, 0) is 26.2 Å². The molecule has 0 saturated carbocycles. The zero-order chi connectivity index (χ0) is 18.7. The Balaban J connectivity index is 1.65. The first-order valence-electron chi connectivity index (χ1n) is 7.48. The number of hydrogen-bond donors (Lipinski definition) is 2. The lowest BCUT2D eigenvalue weighted by molar-refractivity contribution is 0.102. The Hall–Kier alpha value is -2.43. The lowest BCUT2D eigenvalue weighted by atomic mass is 10.3. The molecule has 1 amide bonds. The van der Waals surface area contributed by atoms with Gasteiger partial charge in [-0.1, -0.05) is 0 Å². The Bertz CT molecular complexity index is 905. The van der Waals surface area contributed by atoms with Gasteiger partial charge in [0.2, 0.25) is 0 Å². The maximum absolute atomic E-state index is 13.2. The molecule has 2 N–H and O–H groups in total. The Labute approximate surface area is 156 Å². The summed E-state index contributed by atoms with van der Waals surface area (Å²) in [6.07, 6.45) is 0. The Morgan fingerprint density at radius 1 is 1.08 bits per heavy atom. The summed E-state index contributed by atoms with van der Waals surface area (Å²) in [4.78, 5) is 22.7. The Morgan fingerprint density at radius 3 is 2.46 bits per heavy atom. The lowest BCUT2D eigenvalue weighted by Crippen LogP contribution is -2.13. The van der Waals surface area contributed by atoms with E-state index >= 15 is 0 Å². The third-order valence-electron chi connectivity index (χ3n) is 3.10. The van der Waals surface area contributed by atoms with Gasteiger partial charge >= 0.3 is 0 Å². The van der Waals surface area contributed by atoms with E-state index in [-0.39, 0.29) is 11.4 Å². The van der Waals surface area contributed by atoms with Crippen LogP contribution in [-0.4, -0.2) is 34.9 Å². The molecule has 3 rings (SSSR count). The van der Waals surface area contributed by atoms with E-state index in [0.29, 0.717) is 16.8 Å². The quantitative estimate of drug-likeness (QED) is 0.662. The molecule has 1 aromatic carbocycles. The summed E-state index contributed by atoms with van der Waals surface area (Å²) >= 11 is 2.49. The van der Waals surface area contributed by atoms with Crippen molar-refractivity contribution >= 4 is 44.5 Å². The highest BCUT2D eigenvalue weighted by Crippen LogP contribution is 2.23. The molecule has 0 aliphatic rings. The van der Waals surface area contributed by atoms with E-state index in [9.17, 15) is 13.6 Å². The SMILES string of the molecule is CN(C)Cc1csc(NC(=O)c2csc(Nc3cc(F)cc(F)c3)n2)n1. The summed E-state index contributed by atoms with van der Waals surface area (Å²) in [5.41, 5.74) is 1.28. The maximum Gasteiger partial charge on any atom is 0.276 e. The molecular formula is C16H15F2N5OS2. The van der Waals surface area contributed by atoms with Gasteiger partial charge in [-0.3, -0.25) is 10.1 Å². The van der Waals surface area contributed by atoms with Gasteiger partial charge in [-0.2, -0.15) is 0 Å². The molecule has 0 saturated heterocycles. The topological polar surface area (TPSA) is 70.2 Å². The molecule has 2 aromatic heterocycles. The average Bonchev–Trinajstić information content (AvgIpc) is 3.15. The summed E-state index contributed by atoms with van der Waals surface area (Å²) in [6.45, 7) is 0.682. The van der Waals surface area contributed by atoms with E-state index in [1.807, 2.05) is 24.4 Å². The second-order valence-corrected chi connectivity index (χ2v) is 7.37. The van der Waals surface area contributed by atoms with Gasteiger partial charge in [0.05, 0.1) is 5.69 Å². The van der Waals surface area contributed by atoms with Crippen LogP contribution in [0, 0.1) is 11.6 Å². The van der Waals surface area contributed by atoms with Crippen LogP contribution in [0.5, 0.6) is 0 Å². The van der Waals surface area contributed by atoms with Crippen LogP contribution in [0.25, 0.3) is 0 Å². The Morgan fingerprint density at radius 2 is 1.77 bits per heavy atom. The number of rotatable bonds is 6. The van der Waals surface area contributed by atoms with E-state index in [1.165, 1.54) is 11.3 Å². The van der Waals surface area contributed by atoms with Crippen molar-refractivity contribution in [3.05, 3.63) is 52.0 Å². The minimum absolute atomic E-state index is 0.193. The molecule has 0 aliphatic heterocycles. The van der Waals surface area contributed by atoms with Crippen LogP contribution >= 0.6 is 22.7 Å². The highest BCUT2D eigenvalue weighted by atomic mass is 32.1. The van der Waals surface area contributed by atoms with Crippen molar-refractivity contribution in [3.8, 4) is 0 Å². The van der Waals surface area contributed by atoms with Crippen LogP contribution < -0.4 is 10.6 Å². The number of amides is 1. The van der Waals surface area contributed by atoms with Crippen LogP contribution in [0.4, 0.5) is 24.7 Å². The van der Waals surface area contributed by atoms with Crippen molar-refractivity contribution in [2.75, 3.05) is 24.7 Å². The molecule has 0 spiro atoms. The first-order chi connectivity index (χ1) is 12.4. The van der Waals surface area contributed by atoms with Gasteiger partial charge in [0.1, 0.15) is 17.3 Å². The highest BCUT2D eigenvalue weighted by molar-refractivity contribution is 7.14. The fourth-order valence-electron chi connectivity index (χ4n) is 2.11. The monoisotopic (exact) mass is 395 g/mol. The number of hydrogen-bond acceptors (Lipinski definition) is 7. The number of thiazole rings is 2. The van der Waals surface area contributed by atoms with E-state index in [4.69, 9.17) is 0 Å². The molecular weight excluding hydrogens is 380 g/mol. The average molecular weight is 395 g/mol. The van der Waals surface area contributed by atoms with Gasteiger partial charge in [0.15, 0.2) is 10.3 Å². The second kappa shape index (κ2) is 7.85. The van der Waals surface area contributed by atoms with Crippen molar-refractivity contribution in [3.63, 3.8) is 0 Å². The normalized spacial score (nSPS) is 11.0. The Kier molecular flexibility index (Phi) is 5.55. The molecule has 0 fully saturated rings. The number of anilines is 3. The van der Waals surface area contributed by atoms with Gasteiger partial charge in [0.25, 0.3) is 5.91 Å². The lowest BCUT2D eigenvalue weighted by Gasteiger charge is -2.05. The summed E-state index contributed by atoms with van der Waals surface area (Å²) in [5, 5.41) is 9.75. The van der Waals surface area contributed by atoms with Crippen LogP contribution in [0.1, 0.15) is 16.2 Å². The second-order valence-electron chi connectivity index (χ2n) is 5.66. The van der Waals surface area contributed by atoms with Crippen LogP contribution in [0.15, 0.2) is 29.0 Å². The van der Waals surface area contributed by atoms with Crippen molar-refractivity contribution in [2.24, 2.45) is 0 Å². The number of nitrogens with one attached hydrogen (secondary N) is 2. The molecule has 0 atom stereocenters. The maximum atomic E-state index is 13.2. The molecule has 0 unspecified atom stereocenters. The molecule has 136 valence electrons. The van der Waals surface area contributed by atoms with Gasteiger partial charge in [0, 0.05) is 29.1 Å². The van der Waals surface area contributed by atoms with Crippen LogP contribution in [-0.2, 0) is 6.54 Å². The van der Waals surface area contributed by atoms with Crippen molar-refractivity contribution in [2.45, 2.75) is 6.54 Å². The standard InChI is InChI=1S/C16H15F2N5OS2/c1-23(2)6-12-7-25-16(20-12)22-14(24)13-8-26-15(21-13)19-11-4-9(17)3-10(18)5-11/h3-5,7-8H,6H2,1-2H3,(H,19,21)(H,20,22,24). The third-order valence-corrected chi connectivity index (χ3v) is 4.67. The summed E-state index contributed by atoms with van der Waals surface area (Å²) in [5.74, 6) is -1.79. The molecule has 26 heavy (non-hydrogen) atoms. The van der Waals surface area contributed by atoms with Crippen molar-refractivity contribution < 1.29 is 13.6 Å². The molecule has 6 nitrogen and oxygen atoms in total. The van der Waals surface area contributed by atoms with Crippen LogP contribution in [0.3, 0.4) is 0 Å². The predicted octanol–water partition coefficient (Wildman–Crippen LogP) is 3.94. The number of benzene rings is 1. The first-order valence-corrected chi connectivity index (χ1v) is 9.24. The zero-order valence-electron chi connectivity index (χ0n) is 13.9. The fraction of sp³-hybridized carbons (Fsp3) is 0.188. The number of nitrogens with zero attached hydrogens (tertiary/aromatic N) is 3. The fourth-order valence-corrected chi connectivity index (χ4v) is 3.51. The molecule has 3 aromatic rings.